The summed E-state index contributed by atoms with van der Waals surface area (Å²) in [4.78, 5) is 170. The van der Waals surface area contributed by atoms with Crippen LogP contribution in [-0.2, 0) is 80.7 Å². The summed E-state index contributed by atoms with van der Waals surface area (Å²) in [5, 5.41) is 10.4. The molecule has 0 aromatic heterocycles. The predicted octanol–water partition coefficient (Wildman–Crippen LogP) is 3.05. The molecule has 30 heteroatoms. The second kappa shape index (κ2) is 26.0. The Morgan fingerprint density at radius 1 is 0.325 bits per heavy atom. The number of imide groups is 10. The van der Waals surface area contributed by atoms with Gasteiger partial charge in [0, 0.05) is 15.6 Å². The summed E-state index contributed by atoms with van der Waals surface area (Å²) in [6.45, 7) is -0.350. The highest BCUT2D eigenvalue weighted by Crippen LogP contribution is 2.19. The molecular weight excluding hydrogens is 1110 g/mol. The van der Waals surface area contributed by atoms with Crippen LogP contribution in [0.1, 0.15) is 27.8 Å². The number of carbonyl (C=O) groups excluding carboxylic acids is 15. The van der Waals surface area contributed by atoms with Crippen molar-refractivity contribution in [1.82, 2.24) is 51.1 Å². The van der Waals surface area contributed by atoms with Crippen LogP contribution in [-0.4, -0.2) is 114 Å². The molecule has 0 radical (unpaired) electrons. The first-order valence-electron chi connectivity index (χ1n) is 22.5. The van der Waals surface area contributed by atoms with Crippen LogP contribution in [0.2, 0.25) is 10.0 Å². The average molecular weight is 1140 g/mol. The maximum Gasteiger partial charge on any atom is 0.331 e. The van der Waals surface area contributed by atoms with E-state index < -0.39 is 107 Å². The zero-order valence-electron chi connectivity index (χ0n) is 40.3. The fourth-order valence-corrected chi connectivity index (χ4v) is 7.16. The molecular formula is C50H35Cl2F3N10O15. The van der Waals surface area contributed by atoms with Gasteiger partial charge in [0.1, 0.15) is 17.5 Å². The van der Waals surface area contributed by atoms with Crippen molar-refractivity contribution in [3.05, 3.63) is 177 Å². The van der Waals surface area contributed by atoms with Gasteiger partial charge in [-0.2, -0.15) is 0 Å². The molecule has 25 nitrogen and oxygen atoms in total. The van der Waals surface area contributed by atoms with Crippen molar-refractivity contribution in [2.75, 3.05) is 0 Å². The molecule has 0 bridgehead atoms. The Hall–Kier alpha value is -10.5. The number of urea groups is 5. The van der Waals surface area contributed by atoms with Crippen LogP contribution in [0.15, 0.2) is 121 Å². The zero-order valence-corrected chi connectivity index (χ0v) is 41.8. The summed E-state index contributed by atoms with van der Waals surface area (Å²) in [7, 11) is 0. The number of amides is 20. The Kier molecular flexibility index (Phi) is 19.1. The number of carbonyl (C=O) groups is 15. The Labute approximate surface area is 456 Å². The van der Waals surface area contributed by atoms with Gasteiger partial charge in [0.2, 0.25) is 0 Å². The van der Waals surface area contributed by atoms with E-state index in [-0.39, 0.29) is 38.3 Å². The maximum absolute atomic E-state index is 13.2. The molecule has 5 fully saturated rings. The Morgan fingerprint density at radius 2 is 0.662 bits per heavy atom. The van der Waals surface area contributed by atoms with Crippen molar-refractivity contribution in [3.8, 4) is 0 Å². The highest BCUT2D eigenvalue weighted by atomic mass is 35.5. The first kappa shape index (κ1) is 58.8. The molecule has 5 N–H and O–H groups in total. The van der Waals surface area contributed by atoms with Crippen molar-refractivity contribution in [3.63, 3.8) is 0 Å². The zero-order chi connectivity index (χ0) is 58.5. The van der Waals surface area contributed by atoms with Gasteiger partial charge in [-0.1, -0.05) is 96.0 Å². The minimum Gasteiger partial charge on any atom is -0.269 e. The van der Waals surface area contributed by atoms with E-state index in [0.717, 1.165) is 25.2 Å². The number of nitrogens with one attached hydrogen (secondary N) is 5. The molecule has 0 atom stereocenters. The van der Waals surface area contributed by atoms with Crippen molar-refractivity contribution in [2.24, 2.45) is 0 Å². The Morgan fingerprint density at radius 3 is 1.02 bits per heavy atom. The van der Waals surface area contributed by atoms with E-state index in [1.807, 2.05) is 26.6 Å². The highest BCUT2D eigenvalue weighted by molar-refractivity contribution is 6.47. The minimum atomic E-state index is -0.985. The smallest absolute Gasteiger partial charge is 0.269 e. The number of benzene rings is 5. The summed E-state index contributed by atoms with van der Waals surface area (Å²) >= 11 is 11.6. The number of nitrogens with zero attached hydrogens (tertiary/aromatic N) is 5. The first-order chi connectivity index (χ1) is 37.9. The fraction of sp³-hybridized carbons (Fsp3) is 0.100. The second-order valence-electron chi connectivity index (χ2n) is 16.3. The lowest BCUT2D eigenvalue weighted by Gasteiger charge is -2.11. The lowest BCUT2D eigenvalue weighted by Crippen LogP contribution is -2.30. The van der Waals surface area contributed by atoms with Crippen LogP contribution >= 0.6 is 23.2 Å². The van der Waals surface area contributed by atoms with Crippen LogP contribution in [0.5, 0.6) is 0 Å². The molecule has 5 heterocycles. The van der Waals surface area contributed by atoms with Crippen molar-refractivity contribution < 1.29 is 85.1 Å². The lowest BCUT2D eigenvalue weighted by molar-refractivity contribution is -0.140. The minimum absolute atomic E-state index is 0.00389. The molecule has 5 aromatic rings. The molecule has 10 rings (SSSR count). The summed E-state index contributed by atoms with van der Waals surface area (Å²) in [5.74, 6) is -10.5. The summed E-state index contributed by atoms with van der Waals surface area (Å²) < 4.78 is 38.7. The van der Waals surface area contributed by atoms with E-state index >= 15 is 0 Å². The van der Waals surface area contributed by atoms with Crippen molar-refractivity contribution >= 4 is 112 Å². The van der Waals surface area contributed by atoms with Gasteiger partial charge in [-0.05, 0) is 70.8 Å². The average Bonchev–Trinajstić information content (AvgIpc) is 4.11. The third-order valence-corrected chi connectivity index (χ3v) is 11.5. The monoisotopic (exact) mass is 1140 g/mol. The predicted molar refractivity (Wildman–Crippen MR) is 263 cm³/mol. The van der Waals surface area contributed by atoms with Gasteiger partial charge in [-0.3, -0.25) is 99.0 Å². The van der Waals surface area contributed by atoms with Gasteiger partial charge in [0.05, 0.1) is 32.7 Å². The van der Waals surface area contributed by atoms with Crippen molar-refractivity contribution in [1.29, 1.82) is 0 Å². The van der Waals surface area contributed by atoms with E-state index in [1.165, 1.54) is 60.7 Å². The Balaban J connectivity index is 0.000000161. The molecule has 80 heavy (non-hydrogen) atoms. The van der Waals surface area contributed by atoms with Gasteiger partial charge in [0.25, 0.3) is 0 Å². The summed E-state index contributed by atoms with van der Waals surface area (Å²) in [6.07, 6.45) is 0. The molecule has 5 aliphatic heterocycles. The van der Waals surface area contributed by atoms with E-state index in [4.69, 9.17) is 23.2 Å². The summed E-state index contributed by atoms with van der Waals surface area (Å²) in [5.41, 5.74) is 2.53. The lowest BCUT2D eigenvalue weighted by atomic mass is 10.2. The van der Waals surface area contributed by atoms with Gasteiger partial charge < -0.3 is 0 Å². The molecule has 0 unspecified atom stereocenters. The Bertz CT molecular complexity index is 3260. The van der Waals surface area contributed by atoms with Gasteiger partial charge in [0.15, 0.2) is 0 Å². The van der Waals surface area contributed by atoms with E-state index in [9.17, 15) is 85.1 Å². The molecule has 0 spiro atoms. The molecule has 5 saturated heterocycles. The normalized spacial score (nSPS) is 15.6. The van der Waals surface area contributed by atoms with Crippen LogP contribution in [0, 0.1) is 17.5 Å². The van der Waals surface area contributed by atoms with Gasteiger partial charge in [-0.15, -0.1) is 0 Å². The first-order valence-corrected chi connectivity index (χ1v) is 23.2. The number of hydrogen-bond donors (Lipinski definition) is 5. The van der Waals surface area contributed by atoms with E-state index in [0.29, 0.717) is 31.6 Å². The fourth-order valence-electron chi connectivity index (χ4n) is 6.84. The quantitative estimate of drug-likeness (QED) is 0.0991. The van der Waals surface area contributed by atoms with Crippen LogP contribution in [0.3, 0.4) is 0 Å². The second-order valence-corrected chi connectivity index (χ2v) is 17.2. The summed E-state index contributed by atoms with van der Waals surface area (Å²) in [6, 6.07) is 26.3. The molecule has 5 aromatic carbocycles. The van der Waals surface area contributed by atoms with Gasteiger partial charge >= 0.3 is 89.2 Å². The van der Waals surface area contributed by atoms with Crippen LogP contribution in [0.25, 0.3) is 0 Å². The van der Waals surface area contributed by atoms with E-state index in [1.54, 1.807) is 60.7 Å². The number of rotatable bonds is 10. The molecule has 0 saturated carbocycles. The molecule has 410 valence electrons. The van der Waals surface area contributed by atoms with Crippen LogP contribution < -0.4 is 26.6 Å². The molecule has 5 aliphatic rings. The molecule has 0 aliphatic carbocycles. The molecule has 20 amide bonds. The standard InChI is InChI=1S/2C10H7ClN2O3.3C10H7FN2O3/c11-7-3-1-6(2-4-7)5-13-9(15)8(14)12-10(13)16;11-7-4-2-1-3-6(7)5-13-9(15)8(14)12-10(13)16;11-7-3-1-6(2-4-7)5-13-9(15)8(14)12-10(13)16;11-7-3-1-2-6(4-7)5-13-9(15)8(14)12-10(13)16;11-7-4-2-1-3-6(7)5-13-9(15)8(14)12-10(13)16/h5*1-4H,5H2,(H,12,14,16). The van der Waals surface area contributed by atoms with Crippen LogP contribution in [0.4, 0.5) is 37.1 Å². The van der Waals surface area contributed by atoms with Gasteiger partial charge in [-0.25, -0.2) is 37.1 Å². The third-order valence-electron chi connectivity index (χ3n) is 10.8. The SMILES string of the molecule is O=C1NC(=O)N(Cc2ccc(Cl)cc2)C1=O.O=C1NC(=O)N(Cc2ccc(F)cc2)C1=O.O=C1NC(=O)N(Cc2cccc(F)c2)C1=O.O=C1NC(=O)N(Cc2ccccc2Cl)C1=O.O=C1NC(=O)N(Cc2ccccc2F)C1=O. The van der Waals surface area contributed by atoms with Crippen molar-refractivity contribution in [2.45, 2.75) is 32.7 Å². The maximum atomic E-state index is 13.2. The largest absolute Gasteiger partial charge is 0.331 e. The topological polar surface area (TPSA) is 332 Å². The number of halogens is 5. The highest BCUT2D eigenvalue weighted by Gasteiger charge is 2.40. The van der Waals surface area contributed by atoms with E-state index in [2.05, 4.69) is 0 Å². The third kappa shape index (κ3) is 14.9. The number of hydrogen-bond acceptors (Lipinski definition) is 15.